The molecule has 1 aromatic carbocycles. The third-order valence-electron chi connectivity index (χ3n) is 2.11. The molecule has 0 fully saturated rings. The molecule has 0 aromatic heterocycles. The Balaban J connectivity index is 2.49. The lowest BCUT2D eigenvalue weighted by molar-refractivity contribution is 0.0871. The highest BCUT2D eigenvalue weighted by molar-refractivity contribution is 7.27. The van der Waals surface area contributed by atoms with Crippen LogP contribution in [0.4, 0.5) is 0 Å². The molecule has 0 N–H and O–H groups in total. The van der Waals surface area contributed by atoms with E-state index < -0.39 is 0 Å². The minimum atomic E-state index is 0.00959. The van der Waals surface area contributed by atoms with Crippen LogP contribution in [0.3, 0.4) is 0 Å². The third kappa shape index (κ3) is 1.59. The highest BCUT2D eigenvalue weighted by Crippen LogP contribution is 2.26. The molecule has 1 aliphatic heterocycles. The van der Waals surface area contributed by atoms with Gasteiger partial charge in [-0.25, -0.2) is 0 Å². The Bertz CT molecular complexity index is 360. The fourth-order valence-electron chi connectivity index (χ4n) is 1.50. The number of hydrogen-bond donors (Lipinski definition) is 0. The van der Waals surface area contributed by atoms with Gasteiger partial charge < -0.3 is 4.74 Å². The first kappa shape index (κ1) is 8.71. The summed E-state index contributed by atoms with van der Waals surface area (Å²) in [5.41, 5.74) is 0.714. The first-order valence-electron chi connectivity index (χ1n) is 4.26. The predicted molar refractivity (Wildman–Crippen MR) is 54.8 cm³/mol. The van der Waals surface area contributed by atoms with Crippen molar-refractivity contribution in [2.45, 2.75) is 19.4 Å². The summed E-state index contributed by atoms with van der Waals surface area (Å²) in [6.07, 6.45) is 0.497. The molecule has 13 heavy (non-hydrogen) atoms. The van der Waals surface area contributed by atoms with Crippen LogP contribution in [0.5, 0.6) is 5.75 Å². The lowest BCUT2D eigenvalue weighted by Gasteiger charge is -2.22. The molecule has 1 aliphatic rings. The van der Waals surface area contributed by atoms with Crippen molar-refractivity contribution in [2.24, 2.45) is 0 Å². The molecule has 0 saturated carbocycles. The van der Waals surface area contributed by atoms with E-state index in [4.69, 9.17) is 4.74 Å². The Labute approximate surface area is 79.5 Å². The number of carbonyl (C=O) groups excluding carboxylic acids is 1. The van der Waals surface area contributed by atoms with Gasteiger partial charge in [-0.05, 0) is 24.4 Å². The van der Waals surface area contributed by atoms with E-state index in [0.29, 0.717) is 12.0 Å². The third-order valence-corrected chi connectivity index (χ3v) is 2.46. The van der Waals surface area contributed by atoms with E-state index in [9.17, 15) is 4.79 Å². The topological polar surface area (TPSA) is 26.3 Å². The smallest absolute Gasteiger partial charge is 0.170 e. The summed E-state index contributed by atoms with van der Waals surface area (Å²) in [5.74, 6) is 0.896. The molecule has 1 heterocycles. The van der Waals surface area contributed by atoms with Crippen molar-refractivity contribution >= 4 is 20.3 Å². The van der Waals surface area contributed by atoms with Crippen molar-refractivity contribution < 1.29 is 9.53 Å². The van der Waals surface area contributed by atoms with Gasteiger partial charge in [-0.3, -0.25) is 4.79 Å². The molecule has 68 valence electrons. The van der Waals surface area contributed by atoms with Gasteiger partial charge in [-0.15, -0.1) is 9.24 Å². The zero-order valence-corrected chi connectivity index (χ0v) is 8.57. The van der Waals surface area contributed by atoms with Gasteiger partial charge in [0.05, 0.1) is 5.56 Å². The minimum absolute atomic E-state index is 0.00959. The fourth-order valence-corrected chi connectivity index (χ4v) is 1.76. The first-order valence-corrected chi connectivity index (χ1v) is 4.84. The van der Waals surface area contributed by atoms with Gasteiger partial charge in [-0.2, -0.15) is 0 Å². The maximum Gasteiger partial charge on any atom is 0.170 e. The van der Waals surface area contributed by atoms with E-state index in [2.05, 4.69) is 9.24 Å². The summed E-state index contributed by atoms with van der Waals surface area (Å²) < 4.78 is 5.53. The summed E-state index contributed by atoms with van der Waals surface area (Å²) in [6.45, 7) is 1.91. The number of benzene rings is 1. The van der Waals surface area contributed by atoms with Crippen LogP contribution < -0.4 is 10.0 Å². The molecule has 1 aromatic rings. The Hall–Kier alpha value is -0.880. The minimum Gasteiger partial charge on any atom is -0.489 e. The quantitative estimate of drug-likeness (QED) is 0.585. The molecule has 0 saturated heterocycles. The van der Waals surface area contributed by atoms with Crippen molar-refractivity contribution in [1.29, 1.82) is 0 Å². The summed E-state index contributed by atoms with van der Waals surface area (Å²) >= 11 is 0. The van der Waals surface area contributed by atoms with Crippen LogP contribution in [-0.4, -0.2) is 11.9 Å². The van der Waals surface area contributed by atoms with Gasteiger partial charge in [0.2, 0.25) is 0 Å². The second-order valence-corrected chi connectivity index (χ2v) is 3.98. The maximum atomic E-state index is 11.6. The van der Waals surface area contributed by atoms with Crippen LogP contribution >= 0.6 is 9.24 Å². The van der Waals surface area contributed by atoms with E-state index in [1.807, 2.05) is 25.1 Å². The number of Topliss-reactive ketones (excluding diaryl/α,β-unsaturated/α-hetero) is 1. The number of ketones is 1. The first-order chi connectivity index (χ1) is 6.16. The zero-order valence-electron chi connectivity index (χ0n) is 7.41. The number of hydrogen-bond acceptors (Lipinski definition) is 2. The highest BCUT2D eigenvalue weighted by atomic mass is 31.0. The average Bonchev–Trinajstić information content (AvgIpc) is 2.06. The van der Waals surface area contributed by atoms with Crippen molar-refractivity contribution in [3.8, 4) is 5.75 Å². The molecule has 0 bridgehead atoms. The van der Waals surface area contributed by atoms with Crippen LogP contribution in [-0.2, 0) is 0 Å². The Morgan fingerprint density at radius 2 is 2.31 bits per heavy atom. The van der Waals surface area contributed by atoms with Crippen LogP contribution in [0.15, 0.2) is 18.2 Å². The van der Waals surface area contributed by atoms with Crippen molar-refractivity contribution in [3.63, 3.8) is 0 Å². The van der Waals surface area contributed by atoms with Gasteiger partial charge in [0.1, 0.15) is 11.9 Å². The van der Waals surface area contributed by atoms with E-state index >= 15 is 0 Å². The lowest BCUT2D eigenvalue weighted by atomic mass is 10.0. The summed E-state index contributed by atoms with van der Waals surface area (Å²) in [5, 5.41) is 1.02. The van der Waals surface area contributed by atoms with E-state index in [1.165, 1.54) is 0 Å². The molecular formula is C10H11O2P. The number of fused-ring (bicyclic) bond motifs is 1. The van der Waals surface area contributed by atoms with Gasteiger partial charge in [0.25, 0.3) is 0 Å². The molecule has 2 unspecified atom stereocenters. The SMILES string of the molecule is CC1CC(=O)c2cc(P)ccc2O1. The molecular weight excluding hydrogens is 183 g/mol. The van der Waals surface area contributed by atoms with Crippen molar-refractivity contribution in [2.75, 3.05) is 0 Å². The van der Waals surface area contributed by atoms with Crippen LogP contribution in [0.1, 0.15) is 23.7 Å². The fraction of sp³-hybridized carbons (Fsp3) is 0.300. The summed E-state index contributed by atoms with van der Waals surface area (Å²) in [4.78, 5) is 11.6. The second kappa shape index (κ2) is 3.12. The van der Waals surface area contributed by atoms with E-state index in [0.717, 1.165) is 11.1 Å². The number of carbonyl (C=O) groups is 1. The van der Waals surface area contributed by atoms with Gasteiger partial charge in [0.15, 0.2) is 5.78 Å². The van der Waals surface area contributed by atoms with Crippen molar-refractivity contribution in [3.05, 3.63) is 23.8 Å². The predicted octanol–water partition coefficient (Wildman–Crippen LogP) is 1.54. The summed E-state index contributed by atoms with van der Waals surface area (Å²) in [6, 6.07) is 5.63. The zero-order chi connectivity index (χ0) is 9.42. The Kier molecular flexibility index (Phi) is 2.09. The largest absolute Gasteiger partial charge is 0.489 e. The lowest BCUT2D eigenvalue weighted by Crippen LogP contribution is -2.24. The average molecular weight is 194 g/mol. The Morgan fingerprint density at radius 3 is 3.08 bits per heavy atom. The molecule has 2 rings (SSSR count). The number of ether oxygens (including phenoxy) is 1. The molecule has 0 radical (unpaired) electrons. The molecule has 3 heteroatoms. The van der Waals surface area contributed by atoms with Gasteiger partial charge >= 0.3 is 0 Å². The van der Waals surface area contributed by atoms with Crippen molar-refractivity contribution in [1.82, 2.24) is 0 Å². The van der Waals surface area contributed by atoms with E-state index in [1.54, 1.807) is 0 Å². The Morgan fingerprint density at radius 1 is 1.54 bits per heavy atom. The molecule has 0 aliphatic carbocycles. The number of rotatable bonds is 0. The van der Waals surface area contributed by atoms with Gasteiger partial charge in [0, 0.05) is 6.42 Å². The molecule has 0 amide bonds. The van der Waals surface area contributed by atoms with Crippen LogP contribution in [0.25, 0.3) is 0 Å². The maximum absolute atomic E-state index is 11.6. The summed E-state index contributed by atoms with van der Waals surface area (Å²) in [7, 11) is 2.58. The molecule has 2 atom stereocenters. The second-order valence-electron chi connectivity index (χ2n) is 3.31. The monoisotopic (exact) mass is 194 g/mol. The van der Waals surface area contributed by atoms with Crippen LogP contribution in [0.2, 0.25) is 0 Å². The van der Waals surface area contributed by atoms with Gasteiger partial charge in [-0.1, -0.05) is 6.07 Å². The van der Waals surface area contributed by atoms with Crippen LogP contribution in [0, 0.1) is 0 Å². The van der Waals surface area contributed by atoms with E-state index in [-0.39, 0.29) is 11.9 Å². The molecule has 0 spiro atoms. The highest BCUT2D eigenvalue weighted by Gasteiger charge is 2.22. The normalized spacial score (nSPS) is 20.8. The molecule has 2 nitrogen and oxygen atoms in total. The standard InChI is InChI=1S/C10H11O2P/c1-6-4-9(11)8-5-7(13)2-3-10(8)12-6/h2-3,5-6H,4,13H2,1H3.